The minimum atomic E-state index is -4.29. The Labute approximate surface area is 363 Å². The maximum absolute atomic E-state index is 12.6. The first-order valence-corrected chi connectivity index (χ1v) is 25.4. The summed E-state index contributed by atoms with van der Waals surface area (Å²) in [6.07, 6.45) is 59.2. The van der Waals surface area contributed by atoms with E-state index in [9.17, 15) is 14.3 Å². The lowest BCUT2D eigenvalue weighted by molar-refractivity contribution is -0.154. The molecule has 2 unspecified atom stereocenters. The lowest BCUT2D eigenvalue weighted by Crippen LogP contribution is -2.28. The molecule has 59 heavy (non-hydrogen) atoms. The van der Waals surface area contributed by atoms with Crippen molar-refractivity contribution in [1.82, 2.24) is 0 Å². The highest BCUT2D eigenvalue weighted by molar-refractivity contribution is 7.47. The second-order valence-corrected chi connectivity index (χ2v) is 17.0. The largest absolute Gasteiger partial charge is 0.472 e. The van der Waals surface area contributed by atoms with Gasteiger partial charge in [-0.2, -0.15) is 0 Å². The molecule has 0 spiro atoms. The van der Waals surface area contributed by atoms with Gasteiger partial charge in [0.25, 0.3) is 0 Å². The Hall–Kier alpha value is -2.06. The quantitative estimate of drug-likeness (QED) is 0.0269. The van der Waals surface area contributed by atoms with Crippen LogP contribution in [0.15, 0.2) is 72.9 Å². The van der Waals surface area contributed by atoms with Gasteiger partial charge in [0.2, 0.25) is 0 Å². The Bertz CT molecular complexity index is 1130. The summed E-state index contributed by atoms with van der Waals surface area (Å²) in [5.41, 5.74) is 5.38. The average molecular weight is 848 g/mol. The lowest BCUT2D eigenvalue weighted by atomic mass is 10.1. The molecule has 0 saturated carbocycles. The summed E-state index contributed by atoms with van der Waals surface area (Å²) in [6.45, 7) is 4.78. The molecular formula is C50H90NO7P. The maximum atomic E-state index is 12.6. The van der Waals surface area contributed by atoms with Gasteiger partial charge in [-0.15, -0.1) is 0 Å². The number of unbranched alkanes of at least 4 members (excludes halogenated alkanes) is 20. The first-order valence-electron chi connectivity index (χ1n) is 23.9. The van der Waals surface area contributed by atoms with Gasteiger partial charge in [0.1, 0.15) is 6.10 Å². The van der Waals surface area contributed by atoms with Crippen molar-refractivity contribution in [2.75, 3.05) is 33.0 Å². The third-order valence-corrected chi connectivity index (χ3v) is 10.8. The number of phosphoric acid groups is 1. The SMILES string of the molecule is CC/C=C\C/C=C\C/C=C\C/C=C\C/C=C\CCCCCCCCCC(=O)OC(COCCCCCCCC/C=C\CCCCCCCCC)COP(=O)(O)OCCN. The Kier molecular flexibility index (Phi) is 45.4. The van der Waals surface area contributed by atoms with E-state index in [2.05, 4.69) is 86.8 Å². The van der Waals surface area contributed by atoms with E-state index in [1.165, 1.54) is 103 Å². The van der Waals surface area contributed by atoms with Crippen LogP contribution in [-0.2, 0) is 27.9 Å². The summed E-state index contributed by atoms with van der Waals surface area (Å²) in [4.78, 5) is 22.6. The van der Waals surface area contributed by atoms with Crippen molar-refractivity contribution in [3.63, 3.8) is 0 Å². The molecular weight excluding hydrogens is 758 g/mol. The van der Waals surface area contributed by atoms with Crippen LogP contribution in [0.3, 0.4) is 0 Å². The van der Waals surface area contributed by atoms with Gasteiger partial charge in [-0.3, -0.25) is 13.8 Å². The van der Waals surface area contributed by atoms with Crippen molar-refractivity contribution in [3.8, 4) is 0 Å². The summed E-state index contributed by atoms with van der Waals surface area (Å²) in [5.74, 6) is -0.345. The number of hydrogen-bond acceptors (Lipinski definition) is 7. The standard InChI is InChI=1S/C50H90NO7P/c1-3-5-7-9-11-13-15-17-19-21-22-23-24-25-26-27-29-31-33-35-37-39-41-43-50(52)58-49(48-57-59(53,54)56-46-44-51)47-55-45-42-40-38-36-34-32-30-28-20-18-16-14-12-10-8-6-4-2/h5,7,11,13,17,19-20,22-23,25-26,28,49H,3-4,6,8-10,12,14-16,18,21,24,27,29-48,51H2,1-2H3,(H,53,54)/b7-5-,13-11-,19-17-,23-22-,26-25-,28-20-. The molecule has 0 radical (unpaired) electrons. The van der Waals surface area contributed by atoms with Crippen LogP contribution < -0.4 is 5.73 Å². The topological polar surface area (TPSA) is 117 Å². The summed E-state index contributed by atoms with van der Waals surface area (Å²) in [5, 5.41) is 0. The molecule has 0 amide bonds. The van der Waals surface area contributed by atoms with E-state index >= 15 is 0 Å². The predicted molar refractivity (Wildman–Crippen MR) is 252 cm³/mol. The number of nitrogens with two attached hydrogens (primary N) is 1. The number of allylic oxidation sites excluding steroid dienone is 12. The number of esters is 1. The van der Waals surface area contributed by atoms with E-state index in [-0.39, 0.29) is 32.3 Å². The highest BCUT2D eigenvalue weighted by Gasteiger charge is 2.25. The lowest BCUT2D eigenvalue weighted by Gasteiger charge is -2.20. The maximum Gasteiger partial charge on any atom is 0.472 e. The van der Waals surface area contributed by atoms with Crippen LogP contribution in [0.1, 0.15) is 200 Å². The molecule has 0 saturated heterocycles. The third kappa shape index (κ3) is 46.9. The molecule has 0 fully saturated rings. The predicted octanol–water partition coefficient (Wildman–Crippen LogP) is 14.7. The van der Waals surface area contributed by atoms with Crippen molar-refractivity contribution in [1.29, 1.82) is 0 Å². The van der Waals surface area contributed by atoms with E-state index in [1.54, 1.807) is 0 Å². The molecule has 2 atom stereocenters. The fourth-order valence-corrected chi connectivity index (χ4v) is 7.14. The van der Waals surface area contributed by atoms with Gasteiger partial charge < -0.3 is 20.1 Å². The molecule has 0 aromatic carbocycles. The highest BCUT2D eigenvalue weighted by atomic mass is 31.2. The Morgan fingerprint density at radius 1 is 0.525 bits per heavy atom. The smallest absolute Gasteiger partial charge is 0.457 e. The molecule has 0 aromatic heterocycles. The van der Waals surface area contributed by atoms with Crippen LogP contribution in [0.5, 0.6) is 0 Å². The Morgan fingerprint density at radius 2 is 0.949 bits per heavy atom. The molecule has 0 aliphatic rings. The molecule has 8 nitrogen and oxygen atoms in total. The van der Waals surface area contributed by atoms with Gasteiger partial charge in [0.05, 0.1) is 19.8 Å². The zero-order valence-corrected chi connectivity index (χ0v) is 38.9. The van der Waals surface area contributed by atoms with E-state index in [0.717, 1.165) is 77.0 Å². The van der Waals surface area contributed by atoms with E-state index < -0.39 is 13.9 Å². The Balaban J connectivity index is 4.03. The van der Waals surface area contributed by atoms with Crippen LogP contribution in [0.2, 0.25) is 0 Å². The molecule has 0 rings (SSSR count). The molecule has 3 N–H and O–H groups in total. The van der Waals surface area contributed by atoms with Crippen molar-refractivity contribution in [3.05, 3.63) is 72.9 Å². The van der Waals surface area contributed by atoms with Crippen molar-refractivity contribution < 1.29 is 32.8 Å². The van der Waals surface area contributed by atoms with E-state index in [0.29, 0.717) is 13.0 Å². The molecule has 0 heterocycles. The first kappa shape index (κ1) is 56.9. The summed E-state index contributed by atoms with van der Waals surface area (Å²) in [6, 6.07) is 0. The fourth-order valence-electron chi connectivity index (χ4n) is 6.37. The van der Waals surface area contributed by atoms with E-state index in [4.69, 9.17) is 24.3 Å². The van der Waals surface area contributed by atoms with Gasteiger partial charge in [0.15, 0.2) is 0 Å². The van der Waals surface area contributed by atoms with Crippen LogP contribution >= 0.6 is 7.82 Å². The van der Waals surface area contributed by atoms with Crippen LogP contribution in [-0.4, -0.2) is 49.9 Å². The number of carbonyl (C=O) groups is 1. The monoisotopic (exact) mass is 848 g/mol. The normalized spacial score (nSPS) is 14.0. The number of ether oxygens (including phenoxy) is 2. The Morgan fingerprint density at radius 3 is 1.44 bits per heavy atom. The summed E-state index contributed by atoms with van der Waals surface area (Å²) < 4.78 is 33.5. The summed E-state index contributed by atoms with van der Waals surface area (Å²) >= 11 is 0. The minimum absolute atomic E-state index is 0.0942. The van der Waals surface area contributed by atoms with Crippen molar-refractivity contribution >= 4 is 13.8 Å². The summed E-state index contributed by atoms with van der Waals surface area (Å²) in [7, 11) is -4.29. The zero-order valence-electron chi connectivity index (χ0n) is 38.0. The van der Waals surface area contributed by atoms with Gasteiger partial charge in [-0.1, -0.05) is 183 Å². The molecule has 0 bridgehead atoms. The molecule has 342 valence electrons. The van der Waals surface area contributed by atoms with Gasteiger partial charge in [0, 0.05) is 19.6 Å². The second-order valence-electron chi connectivity index (χ2n) is 15.6. The fraction of sp³-hybridized carbons (Fsp3) is 0.740. The molecule has 0 aliphatic carbocycles. The number of phosphoric ester groups is 1. The van der Waals surface area contributed by atoms with Crippen molar-refractivity contribution in [2.24, 2.45) is 5.73 Å². The van der Waals surface area contributed by atoms with E-state index in [1.807, 2.05) is 0 Å². The van der Waals surface area contributed by atoms with Crippen molar-refractivity contribution in [2.45, 2.75) is 206 Å². The zero-order chi connectivity index (χ0) is 43.0. The van der Waals surface area contributed by atoms with Gasteiger partial charge >= 0.3 is 13.8 Å². The van der Waals surface area contributed by atoms with Gasteiger partial charge in [-0.05, 0) is 83.5 Å². The van der Waals surface area contributed by atoms with Crippen LogP contribution in [0.4, 0.5) is 0 Å². The minimum Gasteiger partial charge on any atom is -0.457 e. The highest BCUT2D eigenvalue weighted by Crippen LogP contribution is 2.43. The first-order chi connectivity index (χ1) is 28.9. The van der Waals surface area contributed by atoms with Crippen LogP contribution in [0.25, 0.3) is 0 Å². The molecule has 0 aliphatic heterocycles. The van der Waals surface area contributed by atoms with Gasteiger partial charge in [-0.25, -0.2) is 4.57 Å². The molecule has 0 aromatic rings. The average Bonchev–Trinajstić information content (AvgIpc) is 3.23. The third-order valence-electron chi connectivity index (χ3n) is 9.86. The molecule has 9 heteroatoms. The second kappa shape index (κ2) is 47.0. The number of hydrogen-bond donors (Lipinski definition) is 2. The number of carbonyl (C=O) groups excluding carboxylic acids is 1. The number of rotatable bonds is 45. The van der Waals surface area contributed by atoms with Crippen LogP contribution in [0, 0.1) is 0 Å².